The van der Waals surface area contributed by atoms with Crippen LogP contribution in [-0.2, 0) is 36.6 Å². The van der Waals surface area contributed by atoms with Gasteiger partial charge < -0.3 is 24.5 Å². The third-order valence-corrected chi connectivity index (χ3v) is 7.84. The number of nitrogen functional groups attached to an aromatic ring is 1. The number of nitrogens with two attached hydrogens (primary N) is 1. The zero-order valence-corrected chi connectivity index (χ0v) is 23.8. The fraction of sp³-hybridized carbons (Fsp3) is 0.310. The summed E-state index contributed by atoms with van der Waals surface area (Å²) in [7, 11) is -2.27. The predicted octanol–water partition coefficient (Wildman–Crippen LogP) is 3.97. The maximum absolute atomic E-state index is 12.9. The number of phenols is 1. The second-order valence-electron chi connectivity index (χ2n) is 9.61. The van der Waals surface area contributed by atoms with Crippen molar-refractivity contribution >= 4 is 32.9 Å². The monoisotopic (exact) mass is 564 g/mol. The molecule has 1 aromatic heterocycles. The van der Waals surface area contributed by atoms with E-state index in [0.29, 0.717) is 41.7 Å². The number of phenolic OH excluding ortho intramolecular Hbond substituents is 1. The Balaban J connectivity index is 1.46. The van der Waals surface area contributed by atoms with Crippen LogP contribution in [0.1, 0.15) is 36.4 Å². The number of aryl methyl sites for hydroxylation is 3. The predicted molar refractivity (Wildman–Crippen MR) is 158 cm³/mol. The summed E-state index contributed by atoms with van der Waals surface area (Å²) in [6, 6.07) is 17.2. The van der Waals surface area contributed by atoms with Gasteiger partial charge in [-0.3, -0.25) is 10.1 Å². The molecule has 5 N–H and O–H groups in total. The van der Waals surface area contributed by atoms with Crippen LogP contribution in [0.4, 0.5) is 5.69 Å². The molecular weight excluding hydrogens is 528 g/mol. The van der Waals surface area contributed by atoms with E-state index in [2.05, 4.69) is 23.5 Å². The Labute approximate surface area is 235 Å². The molecule has 11 heteroatoms. The molecule has 0 spiro atoms. The molecule has 0 saturated carbocycles. The molecule has 0 fully saturated rings. The second kappa shape index (κ2) is 12.4. The summed E-state index contributed by atoms with van der Waals surface area (Å²) in [5.74, 6) is 1.13. The van der Waals surface area contributed by atoms with Crippen molar-refractivity contribution in [1.29, 1.82) is 5.41 Å². The molecule has 3 aromatic carbocycles. The minimum absolute atomic E-state index is 0.0394. The van der Waals surface area contributed by atoms with Gasteiger partial charge in [-0.05, 0) is 67.9 Å². The maximum atomic E-state index is 12.9. The number of anilines is 1. The molecule has 1 heterocycles. The van der Waals surface area contributed by atoms with E-state index in [4.69, 9.17) is 20.3 Å². The smallest absolute Gasteiger partial charge is 0.407 e. The first-order chi connectivity index (χ1) is 19.1. The number of benzene rings is 3. The Morgan fingerprint density at radius 2 is 1.77 bits per heavy atom. The van der Waals surface area contributed by atoms with E-state index in [-0.39, 0.29) is 17.3 Å². The number of rotatable bonds is 13. The molecule has 0 amide bonds. The van der Waals surface area contributed by atoms with Gasteiger partial charge >= 0.3 is 10.3 Å². The SMILES string of the molecule is CCN(CC)CCc1cc(O)ccc1OS(=O)(=O)Nc1ccc2c(c1)nc(CCc1ccc(C(=N)N)cc1)n2C. The largest absolute Gasteiger partial charge is 0.508 e. The molecule has 212 valence electrons. The van der Waals surface area contributed by atoms with Crippen molar-refractivity contribution in [1.82, 2.24) is 14.5 Å². The standard InChI is InChI=1S/C29H36N6O4S/c1-4-35(5-2)17-16-22-18-24(36)12-14-27(22)39-40(37,38)33-23-11-13-26-25(19-23)32-28(34(26)3)15-8-20-6-9-21(10-7-20)29(30)31/h6-7,9-14,18-19,33,36H,4-5,8,15-17H2,1-3H3,(H3,30,31). The molecule has 0 aliphatic carbocycles. The van der Waals surface area contributed by atoms with Crippen molar-refractivity contribution in [2.45, 2.75) is 33.1 Å². The van der Waals surface area contributed by atoms with E-state index in [1.54, 1.807) is 12.1 Å². The fourth-order valence-electron chi connectivity index (χ4n) is 4.59. The molecule has 10 nitrogen and oxygen atoms in total. The van der Waals surface area contributed by atoms with Gasteiger partial charge in [0.05, 0.1) is 16.7 Å². The van der Waals surface area contributed by atoms with Gasteiger partial charge in [0, 0.05) is 31.1 Å². The lowest BCUT2D eigenvalue weighted by atomic mass is 10.1. The maximum Gasteiger partial charge on any atom is 0.407 e. The summed E-state index contributed by atoms with van der Waals surface area (Å²) in [6.07, 6.45) is 1.97. The third kappa shape index (κ3) is 7.10. The summed E-state index contributed by atoms with van der Waals surface area (Å²) in [6.45, 7) is 6.58. The van der Waals surface area contributed by atoms with Crippen molar-refractivity contribution in [3.8, 4) is 11.5 Å². The van der Waals surface area contributed by atoms with E-state index in [9.17, 15) is 13.5 Å². The number of likely N-dealkylation sites (N-methyl/N-ethyl adjacent to an activating group) is 1. The highest BCUT2D eigenvalue weighted by molar-refractivity contribution is 7.88. The lowest BCUT2D eigenvalue weighted by molar-refractivity contribution is 0.307. The Morgan fingerprint density at radius 1 is 1.05 bits per heavy atom. The molecule has 4 aromatic rings. The van der Waals surface area contributed by atoms with Gasteiger partial charge in [-0.25, -0.2) is 4.98 Å². The van der Waals surface area contributed by atoms with Gasteiger partial charge in [-0.15, -0.1) is 0 Å². The molecule has 0 atom stereocenters. The first-order valence-electron chi connectivity index (χ1n) is 13.2. The van der Waals surface area contributed by atoms with Crippen molar-refractivity contribution in [3.05, 3.63) is 83.2 Å². The molecule has 0 aliphatic rings. The number of aromatic nitrogens is 2. The van der Waals surface area contributed by atoms with E-state index in [1.165, 1.54) is 18.2 Å². The molecule has 0 unspecified atom stereocenters. The molecule has 40 heavy (non-hydrogen) atoms. The van der Waals surface area contributed by atoms with E-state index >= 15 is 0 Å². The number of amidine groups is 1. The van der Waals surface area contributed by atoms with Crippen LogP contribution in [0.3, 0.4) is 0 Å². The second-order valence-corrected chi connectivity index (χ2v) is 10.9. The van der Waals surface area contributed by atoms with Crippen LogP contribution in [-0.4, -0.2) is 53.4 Å². The van der Waals surface area contributed by atoms with Gasteiger partial charge in [0.25, 0.3) is 0 Å². The van der Waals surface area contributed by atoms with Gasteiger partial charge in [0.2, 0.25) is 0 Å². The minimum Gasteiger partial charge on any atom is -0.508 e. The summed E-state index contributed by atoms with van der Waals surface area (Å²) >= 11 is 0. The van der Waals surface area contributed by atoms with Gasteiger partial charge in [0.15, 0.2) is 0 Å². The topological polar surface area (TPSA) is 147 Å². The highest BCUT2D eigenvalue weighted by Gasteiger charge is 2.18. The summed E-state index contributed by atoms with van der Waals surface area (Å²) < 4.78 is 35.8. The molecule has 0 radical (unpaired) electrons. The lowest BCUT2D eigenvalue weighted by Gasteiger charge is -2.19. The zero-order chi connectivity index (χ0) is 28.9. The van der Waals surface area contributed by atoms with Crippen molar-refractivity contribution in [2.24, 2.45) is 12.8 Å². The quantitative estimate of drug-likeness (QED) is 0.142. The molecule has 0 saturated heterocycles. The molecule has 0 aliphatic heterocycles. The highest BCUT2D eigenvalue weighted by Crippen LogP contribution is 2.27. The van der Waals surface area contributed by atoms with Crippen LogP contribution in [0.15, 0.2) is 60.7 Å². The van der Waals surface area contributed by atoms with Crippen molar-refractivity contribution in [2.75, 3.05) is 24.4 Å². The summed E-state index contributed by atoms with van der Waals surface area (Å²) in [4.78, 5) is 6.94. The fourth-order valence-corrected chi connectivity index (χ4v) is 5.44. The lowest BCUT2D eigenvalue weighted by Crippen LogP contribution is -2.25. The number of aromatic hydroxyl groups is 1. The number of hydrogen-bond donors (Lipinski definition) is 4. The molecular formula is C29H36N6O4S. The third-order valence-electron chi connectivity index (χ3n) is 6.95. The molecule has 0 bridgehead atoms. The average molecular weight is 565 g/mol. The first kappa shape index (κ1) is 28.9. The highest BCUT2D eigenvalue weighted by atomic mass is 32.2. The number of nitrogens with zero attached hydrogens (tertiary/aromatic N) is 3. The first-order valence-corrected chi connectivity index (χ1v) is 14.6. The Morgan fingerprint density at radius 3 is 2.45 bits per heavy atom. The van der Waals surface area contributed by atoms with Gasteiger partial charge in [-0.2, -0.15) is 8.42 Å². The van der Waals surface area contributed by atoms with Gasteiger partial charge in [-0.1, -0.05) is 38.1 Å². The summed E-state index contributed by atoms with van der Waals surface area (Å²) in [5.41, 5.74) is 9.81. The van der Waals surface area contributed by atoms with Crippen LogP contribution in [0.5, 0.6) is 11.5 Å². The average Bonchev–Trinajstić information content (AvgIpc) is 3.23. The Kier molecular flexibility index (Phi) is 8.96. The minimum atomic E-state index is -4.20. The number of fused-ring (bicyclic) bond motifs is 1. The van der Waals surface area contributed by atoms with Crippen LogP contribution < -0.4 is 14.6 Å². The molecule has 4 rings (SSSR count). The van der Waals surface area contributed by atoms with Crippen LogP contribution in [0.25, 0.3) is 11.0 Å². The van der Waals surface area contributed by atoms with E-state index < -0.39 is 10.3 Å². The Bertz CT molecular complexity index is 1600. The van der Waals surface area contributed by atoms with Crippen molar-refractivity contribution < 1.29 is 17.7 Å². The van der Waals surface area contributed by atoms with Gasteiger partial charge in [0.1, 0.15) is 23.2 Å². The van der Waals surface area contributed by atoms with Crippen LogP contribution >= 0.6 is 0 Å². The van der Waals surface area contributed by atoms with Crippen LogP contribution in [0, 0.1) is 5.41 Å². The number of imidazole rings is 1. The normalized spacial score (nSPS) is 11.7. The zero-order valence-electron chi connectivity index (χ0n) is 23.0. The number of hydrogen-bond acceptors (Lipinski definition) is 7. The van der Waals surface area contributed by atoms with E-state index in [1.807, 2.05) is 41.9 Å². The van der Waals surface area contributed by atoms with Crippen molar-refractivity contribution in [3.63, 3.8) is 0 Å². The Hall–Kier alpha value is -4.09. The summed E-state index contributed by atoms with van der Waals surface area (Å²) in [5, 5.41) is 17.5. The van der Waals surface area contributed by atoms with E-state index in [0.717, 1.165) is 36.4 Å². The number of nitrogens with one attached hydrogen (secondary N) is 2. The van der Waals surface area contributed by atoms with Crippen LogP contribution in [0.2, 0.25) is 0 Å².